The smallest absolute Gasteiger partial charge is 0.242 e. The number of carbonyl (C=O) groups excluding carboxylic acids is 1. The standard InChI is InChI=1S/C17H26N2O3S/c1-13(2)14(3)18-17(20)16(15-7-5-4-6-8-15)19-9-11-23(21,22)12-10-19/h4-8,13-14,16H,9-12H2,1-3H3,(H,18,20)/t14-,16-/m1/s1. The van der Waals surface area contributed by atoms with Crippen LogP contribution in [0.5, 0.6) is 0 Å². The van der Waals surface area contributed by atoms with Crippen molar-refractivity contribution in [1.82, 2.24) is 10.2 Å². The van der Waals surface area contributed by atoms with Crippen molar-refractivity contribution in [3.8, 4) is 0 Å². The van der Waals surface area contributed by atoms with E-state index in [4.69, 9.17) is 0 Å². The van der Waals surface area contributed by atoms with Gasteiger partial charge in [-0.05, 0) is 18.4 Å². The second-order valence-electron chi connectivity index (χ2n) is 6.54. The maximum absolute atomic E-state index is 12.8. The Morgan fingerprint density at radius 3 is 2.17 bits per heavy atom. The third kappa shape index (κ3) is 4.78. The molecule has 6 heteroatoms. The number of amides is 1. The molecule has 1 aliphatic heterocycles. The van der Waals surface area contributed by atoms with Crippen LogP contribution in [-0.4, -0.2) is 49.9 Å². The summed E-state index contributed by atoms with van der Waals surface area (Å²) in [7, 11) is -2.97. The molecule has 1 heterocycles. The van der Waals surface area contributed by atoms with Crippen LogP contribution in [0.3, 0.4) is 0 Å². The van der Waals surface area contributed by atoms with Gasteiger partial charge in [0.25, 0.3) is 0 Å². The van der Waals surface area contributed by atoms with Crippen LogP contribution in [0, 0.1) is 5.92 Å². The van der Waals surface area contributed by atoms with E-state index in [1.165, 1.54) is 0 Å². The summed E-state index contributed by atoms with van der Waals surface area (Å²) in [4.78, 5) is 14.8. The fourth-order valence-electron chi connectivity index (χ4n) is 2.62. The Hall–Kier alpha value is -1.40. The molecular weight excluding hydrogens is 312 g/mol. The fraction of sp³-hybridized carbons (Fsp3) is 0.588. The zero-order chi connectivity index (χ0) is 17.0. The summed E-state index contributed by atoms with van der Waals surface area (Å²) >= 11 is 0. The molecule has 0 aromatic heterocycles. The van der Waals surface area contributed by atoms with Gasteiger partial charge in [0.2, 0.25) is 5.91 Å². The van der Waals surface area contributed by atoms with Crippen LogP contribution in [-0.2, 0) is 14.6 Å². The number of nitrogens with zero attached hydrogens (tertiary/aromatic N) is 1. The van der Waals surface area contributed by atoms with Crippen LogP contribution >= 0.6 is 0 Å². The van der Waals surface area contributed by atoms with E-state index in [9.17, 15) is 13.2 Å². The monoisotopic (exact) mass is 338 g/mol. The van der Waals surface area contributed by atoms with E-state index in [1.807, 2.05) is 42.2 Å². The van der Waals surface area contributed by atoms with Crippen molar-refractivity contribution in [2.24, 2.45) is 5.92 Å². The molecule has 2 atom stereocenters. The van der Waals surface area contributed by atoms with Gasteiger partial charge in [0, 0.05) is 19.1 Å². The summed E-state index contributed by atoms with van der Waals surface area (Å²) < 4.78 is 23.3. The highest BCUT2D eigenvalue weighted by Gasteiger charge is 2.33. The number of benzene rings is 1. The number of nitrogens with one attached hydrogen (secondary N) is 1. The Kier molecular flexibility index (Phi) is 5.81. The number of hydrogen-bond acceptors (Lipinski definition) is 4. The molecule has 1 fully saturated rings. The Balaban J connectivity index is 2.21. The highest BCUT2D eigenvalue weighted by atomic mass is 32.2. The first-order chi connectivity index (χ1) is 10.8. The van der Waals surface area contributed by atoms with Crippen molar-refractivity contribution in [2.45, 2.75) is 32.9 Å². The van der Waals surface area contributed by atoms with Crippen molar-refractivity contribution in [3.63, 3.8) is 0 Å². The average Bonchev–Trinajstić information content (AvgIpc) is 2.50. The summed E-state index contributed by atoms with van der Waals surface area (Å²) in [6, 6.07) is 9.20. The van der Waals surface area contributed by atoms with Gasteiger partial charge in [-0.1, -0.05) is 44.2 Å². The highest BCUT2D eigenvalue weighted by Crippen LogP contribution is 2.23. The van der Waals surface area contributed by atoms with Crippen molar-refractivity contribution >= 4 is 15.7 Å². The van der Waals surface area contributed by atoms with Crippen LogP contribution in [0.1, 0.15) is 32.4 Å². The maximum atomic E-state index is 12.8. The van der Waals surface area contributed by atoms with Crippen molar-refractivity contribution < 1.29 is 13.2 Å². The summed E-state index contributed by atoms with van der Waals surface area (Å²) in [5.41, 5.74) is 0.903. The van der Waals surface area contributed by atoms with E-state index in [2.05, 4.69) is 19.2 Å². The Bertz CT molecular complexity index is 614. The molecule has 1 saturated heterocycles. The van der Waals surface area contributed by atoms with Gasteiger partial charge in [-0.2, -0.15) is 0 Å². The fourth-order valence-corrected chi connectivity index (χ4v) is 3.85. The van der Waals surface area contributed by atoms with Crippen molar-refractivity contribution in [2.75, 3.05) is 24.6 Å². The molecule has 5 nitrogen and oxygen atoms in total. The number of rotatable bonds is 5. The zero-order valence-corrected chi connectivity index (χ0v) is 14.8. The van der Waals surface area contributed by atoms with Crippen LogP contribution < -0.4 is 5.32 Å². The van der Waals surface area contributed by atoms with Gasteiger partial charge in [-0.3, -0.25) is 9.69 Å². The molecule has 0 radical (unpaired) electrons. The highest BCUT2D eigenvalue weighted by molar-refractivity contribution is 7.91. The van der Waals surface area contributed by atoms with Crippen LogP contribution in [0.15, 0.2) is 30.3 Å². The third-order valence-electron chi connectivity index (χ3n) is 4.48. The lowest BCUT2D eigenvalue weighted by Crippen LogP contribution is -2.49. The Labute approximate surface area is 139 Å². The molecule has 0 bridgehead atoms. The number of hydrogen-bond donors (Lipinski definition) is 1. The van der Waals surface area contributed by atoms with Gasteiger partial charge >= 0.3 is 0 Å². The molecule has 23 heavy (non-hydrogen) atoms. The van der Waals surface area contributed by atoms with E-state index in [-0.39, 0.29) is 23.5 Å². The quantitative estimate of drug-likeness (QED) is 0.886. The molecule has 1 amide bonds. The molecule has 1 aromatic carbocycles. The lowest BCUT2D eigenvalue weighted by atomic mass is 10.0. The first kappa shape index (κ1) is 17.9. The van der Waals surface area contributed by atoms with Gasteiger partial charge in [0.1, 0.15) is 6.04 Å². The molecule has 1 aromatic rings. The van der Waals surface area contributed by atoms with E-state index in [0.717, 1.165) is 5.56 Å². The van der Waals surface area contributed by atoms with Gasteiger partial charge < -0.3 is 5.32 Å². The van der Waals surface area contributed by atoms with E-state index >= 15 is 0 Å². The van der Waals surface area contributed by atoms with Crippen molar-refractivity contribution in [3.05, 3.63) is 35.9 Å². The van der Waals surface area contributed by atoms with Gasteiger partial charge in [-0.15, -0.1) is 0 Å². The summed E-state index contributed by atoms with van der Waals surface area (Å²) in [5, 5.41) is 3.07. The molecule has 1 N–H and O–H groups in total. The first-order valence-electron chi connectivity index (χ1n) is 8.10. The lowest BCUT2D eigenvalue weighted by molar-refractivity contribution is -0.127. The molecule has 0 aliphatic carbocycles. The molecule has 0 saturated carbocycles. The summed E-state index contributed by atoms with van der Waals surface area (Å²) in [6.07, 6.45) is 0. The predicted molar refractivity (Wildman–Crippen MR) is 91.9 cm³/mol. The maximum Gasteiger partial charge on any atom is 0.242 e. The Morgan fingerprint density at radius 1 is 1.09 bits per heavy atom. The summed E-state index contributed by atoms with van der Waals surface area (Å²) in [6.45, 7) is 6.91. The normalized spacial score (nSPS) is 20.9. The molecule has 2 rings (SSSR count). The third-order valence-corrected chi connectivity index (χ3v) is 6.09. The minimum atomic E-state index is -2.97. The number of carbonyl (C=O) groups is 1. The molecular formula is C17H26N2O3S. The number of sulfone groups is 1. The SMILES string of the molecule is CC(C)[C@@H](C)NC(=O)[C@@H](c1ccccc1)N1CCS(=O)(=O)CC1. The van der Waals surface area contributed by atoms with E-state index in [0.29, 0.717) is 19.0 Å². The largest absolute Gasteiger partial charge is 0.352 e. The van der Waals surface area contributed by atoms with E-state index < -0.39 is 15.9 Å². The second kappa shape index (κ2) is 7.45. The van der Waals surface area contributed by atoms with Gasteiger partial charge in [-0.25, -0.2) is 8.42 Å². The lowest BCUT2D eigenvalue weighted by Gasteiger charge is -2.34. The van der Waals surface area contributed by atoms with Gasteiger partial charge in [0.05, 0.1) is 11.5 Å². The van der Waals surface area contributed by atoms with Crippen LogP contribution in [0.4, 0.5) is 0 Å². The van der Waals surface area contributed by atoms with Gasteiger partial charge in [0.15, 0.2) is 9.84 Å². The topological polar surface area (TPSA) is 66.5 Å². The molecule has 128 valence electrons. The van der Waals surface area contributed by atoms with Crippen LogP contribution in [0.25, 0.3) is 0 Å². The molecule has 1 aliphatic rings. The minimum absolute atomic E-state index is 0.0586. The zero-order valence-electron chi connectivity index (χ0n) is 14.0. The average molecular weight is 338 g/mol. The second-order valence-corrected chi connectivity index (χ2v) is 8.85. The van der Waals surface area contributed by atoms with Crippen LogP contribution in [0.2, 0.25) is 0 Å². The predicted octanol–water partition coefficient (Wildman–Crippen LogP) is 1.62. The molecule has 0 spiro atoms. The first-order valence-corrected chi connectivity index (χ1v) is 9.92. The molecule has 0 unspecified atom stereocenters. The van der Waals surface area contributed by atoms with E-state index in [1.54, 1.807) is 0 Å². The Morgan fingerprint density at radius 2 is 1.65 bits per heavy atom. The minimum Gasteiger partial charge on any atom is -0.352 e. The summed E-state index contributed by atoms with van der Waals surface area (Å²) in [5.74, 6) is 0.515. The van der Waals surface area contributed by atoms with Crippen molar-refractivity contribution in [1.29, 1.82) is 0 Å².